The van der Waals surface area contributed by atoms with Crippen LogP contribution in [0.25, 0.3) is 0 Å². The second kappa shape index (κ2) is 5.27. The number of aromatic nitrogens is 3. The molecule has 17 heavy (non-hydrogen) atoms. The molecule has 1 unspecified atom stereocenters. The lowest BCUT2D eigenvalue weighted by Gasteiger charge is -2.22. The van der Waals surface area contributed by atoms with Crippen LogP contribution in [0.15, 0.2) is 6.33 Å². The summed E-state index contributed by atoms with van der Waals surface area (Å²) in [5.41, 5.74) is 0. The molecule has 0 aromatic carbocycles. The fraction of sp³-hybridized carbons (Fsp3) is 0.727. The van der Waals surface area contributed by atoms with Crippen LogP contribution >= 0.6 is 0 Å². The van der Waals surface area contributed by atoms with Crippen LogP contribution in [0.2, 0.25) is 0 Å². The molecule has 0 aliphatic carbocycles. The SMILES string of the molecule is CC(C)n1ncnc1CNC1CCCNC1=O. The van der Waals surface area contributed by atoms with E-state index in [4.69, 9.17) is 0 Å². The number of hydrogen-bond acceptors (Lipinski definition) is 4. The van der Waals surface area contributed by atoms with Crippen molar-refractivity contribution < 1.29 is 4.79 Å². The monoisotopic (exact) mass is 237 g/mol. The number of carbonyl (C=O) groups excluding carboxylic acids is 1. The van der Waals surface area contributed by atoms with E-state index in [1.54, 1.807) is 6.33 Å². The maximum atomic E-state index is 11.6. The molecular weight excluding hydrogens is 218 g/mol. The van der Waals surface area contributed by atoms with Crippen LogP contribution in [0, 0.1) is 0 Å². The van der Waals surface area contributed by atoms with Crippen molar-refractivity contribution in [2.24, 2.45) is 0 Å². The normalized spacial score (nSPS) is 20.6. The smallest absolute Gasteiger partial charge is 0.237 e. The standard InChI is InChI=1S/C11H19N5O/c1-8(2)16-10(14-7-15-16)6-13-9-4-3-5-12-11(9)17/h7-9,13H,3-6H2,1-2H3,(H,12,17). The third-order valence-corrected chi connectivity index (χ3v) is 2.93. The minimum Gasteiger partial charge on any atom is -0.355 e. The molecule has 1 amide bonds. The zero-order valence-corrected chi connectivity index (χ0v) is 10.3. The molecule has 2 heterocycles. The molecule has 6 heteroatoms. The van der Waals surface area contributed by atoms with E-state index in [1.807, 2.05) is 4.68 Å². The molecule has 1 aliphatic heterocycles. The van der Waals surface area contributed by atoms with E-state index >= 15 is 0 Å². The van der Waals surface area contributed by atoms with Crippen LogP contribution < -0.4 is 10.6 Å². The summed E-state index contributed by atoms with van der Waals surface area (Å²) in [5.74, 6) is 0.963. The van der Waals surface area contributed by atoms with Gasteiger partial charge in [-0.2, -0.15) is 5.10 Å². The molecule has 1 aliphatic rings. The summed E-state index contributed by atoms with van der Waals surface area (Å²) >= 11 is 0. The highest BCUT2D eigenvalue weighted by Crippen LogP contribution is 2.07. The fourth-order valence-electron chi connectivity index (χ4n) is 2.01. The molecule has 0 radical (unpaired) electrons. The van der Waals surface area contributed by atoms with Gasteiger partial charge in [0.25, 0.3) is 0 Å². The third kappa shape index (κ3) is 2.82. The molecule has 2 rings (SSSR count). The zero-order chi connectivity index (χ0) is 12.3. The van der Waals surface area contributed by atoms with E-state index in [-0.39, 0.29) is 18.0 Å². The molecule has 6 nitrogen and oxygen atoms in total. The molecule has 1 saturated heterocycles. The summed E-state index contributed by atoms with van der Waals surface area (Å²) in [7, 11) is 0. The lowest BCUT2D eigenvalue weighted by Crippen LogP contribution is -2.48. The van der Waals surface area contributed by atoms with Crippen molar-refractivity contribution in [1.82, 2.24) is 25.4 Å². The van der Waals surface area contributed by atoms with Crippen LogP contribution in [0.5, 0.6) is 0 Å². The van der Waals surface area contributed by atoms with E-state index in [9.17, 15) is 4.79 Å². The lowest BCUT2D eigenvalue weighted by atomic mass is 10.1. The van der Waals surface area contributed by atoms with Gasteiger partial charge in [-0.1, -0.05) is 0 Å². The summed E-state index contributed by atoms with van der Waals surface area (Å²) < 4.78 is 1.87. The topological polar surface area (TPSA) is 71.8 Å². The van der Waals surface area contributed by atoms with Gasteiger partial charge in [0.2, 0.25) is 5.91 Å². The fourth-order valence-corrected chi connectivity index (χ4v) is 2.01. The Balaban J connectivity index is 1.92. The maximum Gasteiger partial charge on any atom is 0.237 e. The number of rotatable bonds is 4. The predicted octanol–water partition coefficient (Wildman–Crippen LogP) is 0.227. The highest BCUT2D eigenvalue weighted by atomic mass is 16.2. The number of hydrogen-bond donors (Lipinski definition) is 2. The van der Waals surface area contributed by atoms with Crippen LogP contribution in [0.3, 0.4) is 0 Å². The molecule has 1 aromatic heterocycles. The van der Waals surface area contributed by atoms with Gasteiger partial charge in [0, 0.05) is 12.6 Å². The minimum atomic E-state index is -0.0962. The molecule has 0 bridgehead atoms. The predicted molar refractivity (Wildman–Crippen MR) is 63.3 cm³/mol. The number of nitrogens with zero attached hydrogens (tertiary/aromatic N) is 3. The Kier molecular flexibility index (Phi) is 3.73. The molecule has 0 spiro atoms. The molecular formula is C11H19N5O. The Morgan fingerprint density at radius 3 is 3.18 bits per heavy atom. The van der Waals surface area contributed by atoms with Gasteiger partial charge in [-0.15, -0.1) is 0 Å². The molecule has 0 saturated carbocycles. The summed E-state index contributed by atoms with van der Waals surface area (Å²) in [6.45, 7) is 5.49. The van der Waals surface area contributed by atoms with Crippen molar-refractivity contribution in [3.8, 4) is 0 Å². The Morgan fingerprint density at radius 1 is 1.65 bits per heavy atom. The average Bonchev–Trinajstić information content (AvgIpc) is 2.76. The summed E-state index contributed by atoms with van der Waals surface area (Å²) in [6.07, 6.45) is 3.47. The van der Waals surface area contributed by atoms with Gasteiger partial charge in [0.1, 0.15) is 12.2 Å². The second-order valence-electron chi connectivity index (χ2n) is 4.58. The first kappa shape index (κ1) is 12.0. The largest absolute Gasteiger partial charge is 0.355 e. The van der Waals surface area contributed by atoms with Gasteiger partial charge >= 0.3 is 0 Å². The van der Waals surface area contributed by atoms with Crippen molar-refractivity contribution in [2.45, 2.75) is 45.3 Å². The van der Waals surface area contributed by atoms with Crippen LogP contribution in [0.4, 0.5) is 0 Å². The first-order chi connectivity index (χ1) is 8.18. The van der Waals surface area contributed by atoms with Crippen molar-refractivity contribution in [1.29, 1.82) is 0 Å². The average molecular weight is 237 g/mol. The van der Waals surface area contributed by atoms with Crippen molar-refractivity contribution in [2.75, 3.05) is 6.54 Å². The first-order valence-electron chi connectivity index (χ1n) is 6.08. The number of carbonyl (C=O) groups is 1. The van der Waals surface area contributed by atoms with Crippen molar-refractivity contribution in [3.05, 3.63) is 12.2 Å². The Hall–Kier alpha value is -1.43. The quantitative estimate of drug-likeness (QED) is 0.786. The van der Waals surface area contributed by atoms with E-state index in [2.05, 4.69) is 34.6 Å². The van der Waals surface area contributed by atoms with Crippen LogP contribution in [0.1, 0.15) is 38.6 Å². The molecule has 1 atom stereocenters. The van der Waals surface area contributed by atoms with Crippen molar-refractivity contribution in [3.63, 3.8) is 0 Å². The van der Waals surface area contributed by atoms with E-state index in [1.165, 1.54) is 0 Å². The highest BCUT2D eigenvalue weighted by Gasteiger charge is 2.21. The molecule has 1 aromatic rings. The molecule has 94 valence electrons. The molecule has 2 N–H and O–H groups in total. The zero-order valence-electron chi connectivity index (χ0n) is 10.3. The highest BCUT2D eigenvalue weighted by molar-refractivity contribution is 5.82. The van der Waals surface area contributed by atoms with E-state index in [0.717, 1.165) is 25.2 Å². The Bertz CT molecular complexity index is 387. The molecule has 1 fully saturated rings. The van der Waals surface area contributed by atoms with Gasteiger partial charge in [-0.3, -0.25) is 10.1 Å². The van der Waals surface area contributed by atoms with Crippen molar-refractivity contribution >= 4 is 5.91 Å². The summed E-state index contributed by atoms with van der Waals surface area (Å²) in [4.78, 5) is 15.8. The number of nitrogens with one attached hydrogen (secondary N) is 2. The summed E-state index contributed by atoms with van der Waals surface area (Å²) in [5, 5.41) is 10.3. The Morgan fingerprint density at radius 2 is 2.47 bits per heavy atom. The van der Waals surface area contributed by atoms with Gasteiger partial charge in [0.05, 0.1) is 12.6 Å². The second-order valence-corrected chi connectivity index (χ2v) is 4.58. The number of piperidine rings is 1. The van der Waals surface area contributed by atoms with E-state index in [0.29, 0.717) is 6.54 Å². The van der Waals surface area contributed by atoms with Gasteiger partial charge in [0.15, 0.2) is 0 Å². The third-order valence-electron chi connectivity index (χ3n) is 2.93. The summed E-state index contributed by atoms with van der Waals surface area (Å²) in [6, 6.07) is 0.190. The van der Waals surface area contributed by atoms with Crippen LogP contribution in [-0.2, 0) is 11.3 Å². The van der Waals surface area contributed by atoms with Gasteiger partial charge < -0.3 is 5.32 Å². The lowest BCUT2D eigenvalue weighted by molar-refractivity contribution is -0.124. The van der Waals surface area contributed by atoms with E-state index < -0.39 is 0 Å². The van der Waals surface area contributed by atoms with Gasteiger partial charge in [-0.05, 0) is 26.7 Å². The maximum absolute atomic E-state index is 11.6. The van der Waals surface area contributed by atoms with Gasteiger partial charge in [-0.25, -0.2) is 9.67 Å². The van der Waals surface area contributed by atoms with Crippen LogP contribution in [-0.4, -0.2) is 33.3 Å². The number of amides is 1. The Labute approximate surface area is 101 Å². The first-order valence-corrected chi connectivity index (χ1v) is 6.08. The minimum absolute atomic E-state index is 0.0897.